The highest BCUT2D eigenvalue weighted by molar-refractivity contribution is 5.89. The molecular formula is C24H23F4N5O. The van der Waals surface area contributed by atoms with Crippen molar-refractivity contribution in [2.75, 3.05) is 18.0 Å². The van der Waals surface area contributed by atoms with Crippen molar-refractivity contribution in [2.24, 2.45) is 7.05 Å². The predicted octanol–water partition coefficient (Wildman–Crippen LogP) is 4.06. The van der Waals surface area contributed by atoms with Crippen LogP contribution in [-0.2, 0) is 19.8 Å². The molecular weight excluding hydrogens is 450 g/mol. The largest absolute Gasteiger partial charge is 0.416 e. The van der Waals surface area contributed by atoms with Gasteiger partial charge in [-0.15, -0.1) is 0 Å². The summed E-state index contributed by atoms with van der Waals surface area (Å²) in [4.78, 5) is 20.8. The summed E-state index contributed by atoms with van der Waals surface area (Å²) in [5.74, 6) is -0.886. The first-order valence-electron chi connectivity index (χ1n) is 10.8. The highest BCUT2D eigenvalue weighted by atomic mass is 19.4. The summed E-state index contributed by atoms with van der Waals surface area (Å²) >= 11 is 0. The van der Waals surface area contributed by atoms with Crippen molar-refractivity contribution < 1.29 is 17.6 Å². The average molecular weight is 473 g/mol. The summed E-state index contributed by atoms with van der Waals surface area (Å²) in [5, 5.41) is 9.28. The maximum absolute atomic E-state index is 14.4. The van der Waals surface area contributed by atoms with Gasteiger partial charge in [-0.1, -0.05) is 6.07 Å². The van der Waals surface area contributed by atoms with Crippen LogP contribution in [0.2, 0.25) is 0 Å². The molecule has 0 N–H and O–H groups in total. The number of rotatable bonds is 3. The van der Waals surface area contributed by atoms with Crippen LogP contribution in [0.15, 0.2) is 41.2 Å². The van der Waals surface area contributed by atoms with Crippen molar-refractivity contribution in [3.05, 3.63) is 69.4 Å². The fraction of sp³-hybridized carbons (Fsp3) is 0.375. The van der Waals surface area contributed by atoms with E-state index in [1.807, 2.05) is 29.7 Å². The monoisotopic (exact) mass is 473 g/mol. The maximum Gasteiger partial charge on any atom is 0.416 e. The van der Waals surface area contributed by atoms with Gasteiger partial charge in [0.15, 0.2) is 0 Å². The molecule has 1 aromatic carbocycles. The molecule has 1 aliphatic heterocycles. The quantitative estimate of drug-likeness (QED) is 0.537. The molecule has 0 amide bonds. The van der Waals surface area contributed by atoms with Gasteiger partial charge in [0, 0.05) is 50.4 Å². The number of hydrogen-bond acceptors (Lipinski definition) is 5. The fourth-order valence-corrected chi connectivity index (χ4v) is 4.54. The molecule has 0 saturated carbocycles. The number of halogens is 4. The lowest BCUT2D eigenvalue weighted by Gasteiger charge is -2.45. The number of anilines is 1. The van der Waals surface area contributed by atoms with Gasteiger partial charge in [0.2, 0.25) is 0 Å². The van der Waals surface area contributed by atoms with Gasteiger partial charge in [-0.05, 0) is 38.1 Å². The third-order valence-corrected chi connectivity index (χ3v) is 6.39. The molecule has 0 spiro atoms. The minimum absolute atomic E-state index is 0.186. The molecule has 0 unspecified atom stereocenters. The van der Waals surface area contributed by atoms with E-state index in [0.717, 1.165) is 18.2 Å². The van der Waals surface area contributed by atoms with E-state index in [1.54, 1.807) is 19.2 Å². The topological polar surface area (TPSA) is 65.2 Å². The molecule has 178 valence electrons. The van der Waals surface area contributed by atoms with E-state index in [9.17, 15) is 27.6 Å². The Hall–Kier alpha value is -3.45. The summed E-state index contributed by atoms with van der Waals surface area (Å²) < 4.78 is 56.3. The van der Waals surface area contributed by atoms with Gasteiger partial charge < -0.3 is 9.47 Å². The van der Waals surface area contributed by atoms with Crippen molar-refractivity contribution in [1.82, 2.24) is 14.5 Å². The third kappa shape index (κ3) is 4.23. The van der Waals surface area contributed by atoms with Gasteiger partial charge in [0.1, 0.15) is 23.1 Å². The highest BCUT2D eigenvalue weighted by Crippen LogP contribution is 2.35. The minimum atomic E-state index is -4.65. The highest BCUT2D eigenvalue weighted by Gasteiger charge is 2.37. The Balaban J connectivity index is 1.68. The van der Waals surface area contributed by atoms with Crippen LogP contribution in [0.1, 0.15) is 30.7 Å². The Bertz CT molecular complexity index is 1340. The van der Waals surface area contributed by atoms with Crippen LogP contribution >= 0.6 is 0 Å². The van der Waals surface area contributed by atoms with Crippen LogP contribution in [-0.4, -0.2) is 39.6 Å². The third-order valence-electron chi connectivity index (χ3n) is 6.39. The second-order valence-corrected chi connectivity index (χ2v) is 8.65. The number of piperazine rings is 1. The predicted molar refractivity (Wildman–Crippen MR) is 120 cm³/mol. The standard InChI is InChI=1S/C24H23F4N5O/c1-14-12-33(21-9-22(34)31(3)20-8-7-16(10-29)30-23(20)21)15(2)11-32(14)13-17-18(24(26,27)28)5-4-6-19(17)25/h4-9,14-15H,11-13H2,1-3H3/t14-,15+/m1/s1. The summed E-state index contributed by atoms with van der Waals surface area (Å²) in [6.45, 7) is 4.29. The first kappa shape index (κ1) is 23.7. The van der Waals surface area contributed by atoms with E-state index in [-0.39, 0.29) is 35.4 Å². The fourth-order valence-electron chi connectivity index (χ4n) is 4.54. The summed E-state index contributed by atoms with van der Waals surface area (Å²) in [6, 6.07) is 9.24. The van der Waals surface area contributed by atoms with Gasteiger partial charge in [-0.3, -0.25) is 9.69 Å². The molecule has 6 nitrogen and oxygen atoms in total. The lowest BCUT2D eigenvalue weighted by molar-refractivity contribution is -0.138. The molecule has 4 rings (SSSR count). The first-order valence-corrected chi connectivity index (χ1v) is 10.8. The molecule has 0 bridgehead atoms. The normalized spacial score (nSPS) is 19.4. The molecule has 1 aliphatic rings. The number of hydrogen-bond donors (Lipinski definition) is 0. The van der Waals surface area contributed by atoms with Crippen LogP contribution < -0.4 is 10.5 Å². The summed E-state index contributed by atoms with van der Waals surface area (Å²) in [5.41, 5.74) is 0.272. The second-order valence-electron chi connectivity index (χ2n) is 8.65. The molecule has 3 heterocycles. The average Bonchev–Trinajstić information content (AvgIpc) is 2.78. The van der Waals surface area contributed by atoms with Gasteiger partial charge in [-0.25, -0.2) is 9.37 Å². The first-order chi connectivity index (χ1) is 16.0. The molecule has 0 aliphatic carbocycles. The van der Waals surface area contributed by atoms with E-state index in [1.165, 1.54) is 10.6 Å². The Kier molecular flexibility index (Phi) is 6.08. The van der Waals surface area contributed by atoms with Crippen LogP contribution in [0.3, 0.4) is 0 Å². The number of nitrogens with zero attached hydrogens (tertiary/aromatic N) is 5. The van der Waals surface area contributed by atoms with Crippen LogP contribution in [0, 0.1) is 17.1 Å². The molecule has 10 heteroatoms. The number of aryl methyl sites for hydroxylation is 1. The smallest absolute Gasteiger partial charge is 0.364 e. The van der Waals surface area contributed by atoms with Gasteiger partial charge in [-0.2, -0.15) is 18.4 Å². The van der Waals surface area contributed by atoms with E-state index in [2.05, 4.69) is 4.98 Å². The molecule has 2 aromatic heterocycles. The number of fused-ring (bicyclic) bond motifs is 1. The lowest BCUT2D eigenvalue weighted by Crippen LogP contribution is -2.56. The van der Waals surface area contributed by atoms with Crippen molar-refractivity contribution in [3.8, 4) is 6.07 Å². The maximum atomic E-state index is 14.4. The lowest BCUT2D eigenvalue weighted by atomic mass is 10.0. The summed E-state index contributed by atoms with van der Waals surface area (Å²) in [7, 11) is 1.62. The Morgan fingerprint density at radius 2 is 1.88 bits per heavy atom. The minimum Gasteiger partial charge on any atom is -0.364 e. The molecule has 0 radical (unpaired) electrons. The van der Waals surface area contributed by atoms with Gasteiger partial charge in [0.05, 0.1) is 16.8 Å². The van der Waals surface area contributed by atoms with E-state index in [0.29, 0.717) is 29.8 Å². The zero-order valence-corrected chi connectivity index (χ0v) is 18.9. The van der Waals surface area contributed by atoms with Crippen LogP contribution in [0.25, 0.3) is 11.0 Å². The summed E-state index contributed by atoms with van der Waals surface area (Å²) in [6.07, 6.45) is -4.65. The number of nitriles is 1. The Morgan fingerprint density at radius 3 is 2.56 bits per heavy atom. The zero-order chi connectivity index (χ0) is 24.8. The Morgan fingerprint density at radius 1 is 1.15 bits per heavy atom. The van der Waals surface area contributed by atoms with Crippen molar-refractivity contribution in [1.29, 1.82) is 5.26 Å². The van der Waals surface area contributed by atoms with E-state index < -0.39 is 17.6 Å². The molecule has 1 fully saturated rings. The second kappa shape index (κ2) is 8.72. The SMILES string of the molecule is C[C@@H]1CN(c2cc(=O)n(C)c3ccc(C#N)nc23)[C@@H](C)CN1Cc1c(F)cccc1C(F)(F)F. The number of pyridine rings is 2. The Labute approximate surface area is 193 Å². The number of alkyl halides is 3. The van der Waals surface area contributed by atoms with E-state index in [4.69, 9.17) is 0 Å². The number of aromatic nitrogens is 2. The van der Waals surface area contributed by atoms with Gasteiger partial charge in [0.25, 0.3) is 5.56 Å². The molecule has 3 aromatic rings. The zero-order valence-electron chi connectivity index (χ0n) is 18.9. The molecule has 2 atom stereocenters. The number of benzene rings is 1. The van der Waals surface area contributed by atoms with Crippen molar-refractivity contribution in [2.45, 2.75) is 38.7 Å². The molecule has 1 saturated heterocycles. The van der Waals surface area contributed by atoms with E-state index >= 15 is 0 Å². The molecule has 34 heavy (non-hydrogen) atoms. The van der Waals surface area contributed by atoms with Crippen LogP contribution in [0.4, 0.5) is 23.2 Å². The van der Waals surface area contributed by atoms with Crippen molar-refractivity contribution >= 4 is 16.7 Å². The van der Waals surface area contributed by atoms with Crippen molar-refractivity contribution in [3.63, 3.8) is 0 Å². The van der Waals surface area contributed by atoms with Gasteiger partial charge >= 0.3 is 6.18 Å². The van der Waals surface area contributed by atoms with Crippen LogP contribution in [0.5, 0.6) is 0 Å².